The van der Waals surface area contributed by atoms with Crippen LogP contribution >= 0.6 is 11.6 Å². The van der Waals surface area contributed by atoms with Crippen LogP contribution in [0.2, 0.25) is 5.02 Å². The number of benzene rings is 1. The normalized spacial score (nSPS) is 12.1. The van der Waals surface area contributed by atoms with Crippen molar-refractivity contribution in [3.05, 3.63) is 34.9 Å². The minimum Gasteiger partial charge on any atom is -0.469 e. The number of halogens is 1. The molecule has 0 aliphatic rings. The van der Waals surface area contributed by atoms with E-state index in [0.717, 1.165) is 11.4 Å². The van der Waals surface area contributed by atoms with E-state index in [4.69, 9.17) is 11.6 Å². The molecule has 0 aliphatic heterocycles. The molecule has 0 saturated carbocycles. The Balaban J connectivity index is 2.74. The molecule has 0 saturated heterocycles. The third kappa shape index (κ3) is 7.71. The number of esters is 1. The molecule has 1 rings (SSSR count). The Morgan fingerprint density at radius 2 is 1.90 bits per heavy atom. The van der Waals surface area contributed by atoms with Crippen molar-refractivity contribution >= 4 is 23.4 Å². The SMILES string of the molecule is COC(=O)CCN=C(Cc1ccc(Cl)cc1)NC(C)(C)C. The van der Waals surface area contributed by atoms with Gasteiger partial charge in [-0.1, -0.05) is 23.7 Å². The third-order valence-electron chi connectivity index (χ3n) is 2.65. The van der Waals surface area contributed by atoms with Crippen LogP contribution in [0, 0.1) is 0 Å². The highest BCUT2D eigenvalue weighted by atomic mass is 35.5. The first-order chi connectivity index (χ1) is 9.80. The topological polar surface area (TPSA) is 50.7 Å². The van der Waals surface area contributed by atoms with Crippen molar-refractivity contribution in [3.63, 3.8) is 0 Å². The smallest absolute Gasteiger partial charge is 0.307 e. The number of ether oxygens (including phenoxy) is 1. The molecule has 0 amide bonds. The van der Waals surface area contributed by atoms with E-state index in [0.29, 0.717) is 18.0 Å². The second kappa shape index (κ2) is 8.03. The molecule has 1 aromatic carbocycles. The molecule has 0 fully saturated rings. The van der Waals surface area contributed by atoms with Crippen molar-refractivity contribution in [1.29, 1.82) is 0 Å². The summed E-state index contributed by atoms with van der Waals surface area (Å²) in [6, 6.07) is 7.67. The summed E-state index contributed by atoms with van der Waals surface area (Å²) >= 11 is 5.89. The highest BCUT2D eigenvalue weighted by Crippen LogP contribution is 2.11. The van der Waals surface area contributed by atoms with Crippen LogP contribution in [0.25, 0.3) is 0 Å². The third-order valence-corrected chi connectivity index (χ3v) is 2.90. The zero-order valence-electron chi connectivity index (χ0n) is 13.1. The summed E-state index contributed by atoms with van der Waals surface area (Å²) in [4.78, 5) is 15.6. The number of amidine groups is 1. The average Bonchev–Trinajstić information content (AvgIpc) is 2.39. The molecule has 21 heavy (non-hydrogen) atoms. The summed E-state index contributed by atoms with van der Waals surface area (Å²) in [5.41, 5.74) is 1.03. The second-order valence-corrected chi connectivity index (χ2v) is 6.27. The number of hydrogen-bond acceptors (Lipinski definition) is 3. The minimum absolute atomic E-state index is 0.0868. The first-order valence-electron chi connectivity index (χ1n) is 6.93. The van der Waals surface area contributed by atoms with Crippen LogP contribution in [0.3, 0.4) is 0 Å². The minimum atomic E-state index is -0.250. The maximum atomic E-state index is 11.1. The van der Waals surface area contributed by atoms with E-state index < -0.39 is 0 Å². The van der Waals surface area contributed by atoms with Crippen molar-refractivity contribution in [2.24, 2.45) is 4.99 Å². The molecular formula is C16H23ClN2O2. The number of carbonyl (C=O) groups is 1. The number of nitrogens with zero attached hydrogens (tertiary/aromatic N) is 1. The van der Waals surface area contributed by atoms with Gasteiger partial charge in [0.15, 0.2) is 0 Å². The van der Waals surface area contributed by atoms with E-state index in [1.54, 1.807) is 0 Å². The van der Waals surface area contributed by atoms with Gasteiger partial charge in [0.05, 0.1) is 20.1 Å². The maximum Gasteiger partial charge on any atom is 0.307 e. The Hall–Kier alpha value is -1.55. The molecule has 0 unspecified atom stereocenters. The van der Waals surface area contributed by atoms with Crippen LogP contribution in [0.1, 0.15) is 32.8 Å². The Labute approximate surface area is 131 Å². The van der Waals surface area contributed by atoms with Gasteiger partial charge in [0.1, 0.15) is 5.84 Å². The number of carbonyl (C=O) groups excluding carboxylic acids is 1. The Bertz CT molecular complexity index is 490. The molecule has 0 heterocycles. The molecule has 0 atom stereocenters. The van der Waals surface area contributed by atoms with Crippen LogP contribution in [0.4, 0.5) is 0 Å². The van der Waals surface area contributed by atoms with E-state index in [9.17, 15) is 4.79 Å². The predicted molar refractivity (Wildman–Crippen MR) is 87.0 cm³/mol. The van der Waals surface area contributed by atoms with E-state index >= 15 is 0 Å². The van der Waals surface area contributed by atoms with Gasteiger partial charge in [0.2, 0.25) is 0 Å². The zero-order chi connectivity index (χ0) is 15.9. The fourth-order valence-corrected chi connectivity index (χ4v) is 1.88. The molecule has 0 spiro atoms. The van der Waals surface area contributed by atoms with Crippen LogP contribution in [-0.2, 0) is 16.0 Å². The highest BCUT2D eigenvalue weighted by molar-refractivity contribution is 6.30. The van der Waals surface area contributed by atoms with Gasteiger partial charge in [-0.2, -0.15) is 0 Å². The zero-order valence-corrected chi connectivity index (χ0v) is 13.8. The van der Waals surface area contributed by atoms with E-state index in [1.165, 1.54) is 7.11 Å². The summed E-state index contributed by atoms with van der Waals surface area (Å²) in [7, 11) is 1.38. The molecular weight excluding hydrogens is 288 g/mol. The lowest BCUT2D eigenvalue weighted by Gasteiger charge is -2.23. The van der Waals surface area contributed by atoms with Gasteiger partial charge in [0.25, 0.3) is 0 Å². The predicted octanol–water partition coefficient (Wildman–Crippen LogP) is 3.23. The molecule has 5 heteroatoms. The molecule has 0 aliphatic carbocycles. The molecule has 1 N–H and O–H groups in total. The van der Waals surface area contributed by atoms with Gasteiger partial charge >= 0.3 is 5.97 Å². The molecule has 116 valence electrons. The van der Waals surface area contributed by atoms with Gasteiger partial charge in [-0.05, 0) is 38.5 Å². The lowest BCUT2D eigenvalue weighted by atomic mass is 10.1. The van der Waals surface area contributed by atoms with E-state index in [2.05, 4.69) is 35.8 Å². The quantitative estimate of drug-likeness (QED) is 0.516. The van der Waals surface area contributed by atoms with Crippen molar-refractivity contribution in [2.45, 2.75) is 39.2 Å². The van der Waals surface area contributed by atoms with Crippen molar-refractivity contribution in [3.8, 4) is 0 Å². The van der Waals surface area contributed by atoms with Gasteiger partial charge < -0.3 is 10.1 Å². The van der Waals surface area contributed by atoms with Gasteiger partial charge in [-0.15, -0.1) is 0 Å². The first kappa shape index (κ1) is 17.5. The van der Waals surface area contributed by atoms with E-state index in [-0.39, 0.29) is 17.9 Å². The van der Waals surface area contributed by atoms with Crippen molar-refractivity contribution < 1.29 is 9.53 Å². The average molecular weight is 311 g/mol. The molecule has 0 aromatic heterocycles. The second-order valence-electron chi connectivity index (χ2n) is 5.83. The molecule has 4 nitrogen and oxygen atoms in total. The van der Waals surface area contributed by atoms with Crippen LogP contribution in [0.5, 0.6) is 0 Å². The Morgan fingerprint density at radius 3 is 2.43 bits per heavy atom. The fraction of sp³-hybridized carbons (Fsp3) is 0.500. The molecule has 0 bridgehead atoms. The number of hydrogen-bond donors (Lipinski definition) is 1. The van der Waals surface area contributed by atoms with Gasteiger partial charge in [-0.3, -0.25) is 9.79 Å². The van der Waals surface area contributed by atoms with E-state index in [1.807, 2.05) is 24.3 Å². The standard InChI is InChI=1S/C16H23ClN2O2/c1-16(2,3)19-14(18-10-9-15(20)21-4)11-12-5-7-13(17)8-6-12/h5-8H,9-11H2,1-4H3,(H,18,19). The summed E-state index contributed by atoms with van der Waals surface area (Å²) in [6.07, 6.45) is 0.960. The molecule has 1 aromatic rings. The van der Waals surface area contributed by atoms with Crippen molar-refractivity contribution in [2.75, 3.05) is 13.7 Å². The van der Waals surface area contributed by atoms with Gasteiger partial charge in [0, 0.05) is 17.0 Å². The Kier molecular flexibility index (Phi) is 6.69. The number of nitrogens with one attached hydrogen (secondary N) is 1. The van der Waals surface area contributed by atoms with Crippen LogP contribution in [-0.4, -0.2) is 31.0 Å². The summed E-state index contributed by atoms with van der Waals surface area (Å²) in [6.45, 7) is 6.64. The van der Waals surface area contributed by atoms with Crippen LogP contribution in [0.15, 0.2) is 29.3 Å². The summed E-state index contributed by atoms with van der Waals surface area (Å²) in [5.74, 6) is 0.606. The van der Waals surface area contributed by atoms with Crippen LogP contribution < -0.4 is 5.32 Å². The molecule has 0 radical (unpaired) electrons. The highest BCUT2D eigenvalue weighted by Gasteiger charge is 2.13. The largest absolute Gasteiger partial charge is 0.469 e. The first-order valence-corrected chi connectivity index (χ1v) is 7.31. The number of rotatable bonds is 5. The van der Waals surface area contributed by atoms with Gasteiger partial charge in [-0.25, -0.2) is 0 Å². The number of aliphatic imine (C=N–C) groups is 1. The maximum absolute atomic E-state index is 11.1. The number of methoxy groups -OCH3 is 1. The fourth-order valence-electron chi connectivity index (χ4n) is 1.75. The monoisotopic (exact) mass is 310 g/mol. The Morgan fingerprint density at radius 1 is 1.29 bits per heavy atom. The summed E-state index contributed by atoms with van der Waals surface area (Å²) < 4.78 is 4.62. The summed E-state index contributed by atoms with van der Waals surface area (Å²) in [5, 5.41) is 4.09. The van der Waals surface area contributed by atoms with Crippen molar-refractivity contribution in [1.82, 2.24) is 5.32 Å². The lowest BCUT2D eigenvalue weighted by molar-refractivity contribution is -0.140. The lowest BCUT2D eigenvalue weighted by Crippen LogP contribution is -2.41.